The highest BCUT2D eigenvalue weighted by Crippen LogP contribution is 2.34. The molecule has 0 aliphatic heterocycles. The second-order valence-corrected chi connectivity index (χ2v) is 5.16. The fourth-order valence-corrected chi connectivity index (χ4v) is 2.23. The van der Waals surface area contributed by atoms with Gasteiger partial charge in [-0.2, -0.15) is 0 Å². The molecule has 1 aromatic rings. The molecule has 100 valence electrons. The van der Waals surface area contributed by atoms with E-state index in [0.717, 1.165) is 23.7 Å². The normalized spacial score (nSPS) is 16.6. The Morgan fingerprint density at radius 3 is 2.83 bits per heavy atom. The highest BCUT2D eigenvalue weighted by molar-refractivity contribution is 5.39. The van der Waals surface area contributed by atoms with Crippen molar-refractivity contribution in [3.8, 4) is 11.5 Å². The SMILES string of the molecule is CCC(CC1CC1)NCc1cc(OC)ccc1O. The largest absolute Gasteiger partial charge is 0.508 e. The van der Waals surface area contributed by atoms with Crippen LogP contribution in [0, 0.1) is 5.92 Å². The van der Waals surface area contributed by atoms with Crippen LogP contribution in [0.4, 0.5) is 0 Å². The highest BCUT2D eigenvalue weighted by Gasteiger charge is 2.24. The van der Waals surface area contributed by atoms with Crippen molar-refractivity contribution >= 4 is 0 Å². The van der Waals surface area contributed by atoms with Gasteiger partial charge in [-0.05, 0) is 37.0 Å². The van der Waals surface area contributed by atoms with Gasteiger partial charge in [0.25, 0.3) is 0 Å². The second kappa shape index (κ2) is 6.10. The molecule has 0 saturated heterocycles. The van der Waals surface area contributed by atoms with Crippen molar-refractivity contribution in [2.45, 2.75) is 45.2 Å². The van der Waals surface area contributed by atoms with E-state index >= 15 is 0 Å². The number of phenolic OH excluding ortho intramolecular Hbond substituents is 1. The van der Waals surface area contributed by atoms with Gasteiger partial charge in [-0.15, -0.1) is 0 Å². The molecule has 1 atom stereocenters. The van der Waals surface area contributed by atoms with E-state index in [4.69, 9.17) is 4.74 Å². The van der Waals surface area contributed by atoms with Gasteiger partial charge in [-0.25, -0.2) is 0 Å². The molecule has 0 bridgehead atoms. The lowest BCUT2D eigenvalue weighted by Crippen LogP contribution is -2.28. The molecular weight excluding hydrogens is 226 g/mol. The molecule has 2 rings (SSSR count). The van der Waals surface area contributed by atoms with Gasteiger partial charge in [-0.1, -0.05) is 19.8 Å². The fourth-order valence-electron chi connectivity index (χ4n) is 2.23. The van der Waals surface area contributed by atoms with Gasteiger partial charge in [0.05, 0.1) is 7.11 Å². The van der Waals surface area contributed by atoms with Crippen molar-refractivity contribution in [1.29, 1.82) is 0 Å². The van der Waals surface area contributed by atoms with Crippen LogP contribution in [0.15, 0.2) is 18.2 Å². The molecule has 3 heteroatoms. The van der Waals surface area contributed by atoms with E-state index in [-0.39, 0.29) is 0 Å². The van der Waals surface area contributed by atoms with Crippen LogP contribution in [0.1, 0.15) is 38.2 Å². The monoisotopic (exact) mass is 249 g/mol. The molecular formula is C15H23NO2. The minimum Gasteiger partial charge on any atom is -0.508 e. The first kappa shape index (κ1) is 13.2. The molecule has 1 aromatic carbocycles. The summed E-state index contributed by atoms with van der Waals surface area (Å²) in [5.74, 6) is 2.06. The topological polar surface area (TPSA) is 41.5 Å². The smallest absolute Gasteiger partial charge is 0.120 e. The Hall–Kier alpha value is -1.22. The Balaban J connectivity index is 1.90. The summed E-state index contributed by atoms with van der Waals surface area (Å²) >= 11 is 0. The summed E-state index contributed by atoms with van der Waals surface area (Å²) in [6.45, 7) is 2.92. The predicted molar refractivity (Wildman–Crippen MR) is 72.9 cm³/mol. The average Bonchev–Trinajstić information content (AvgIpc) is 3.20. The minimum atomic E-state index is 0.338. The molecule has 0 amide bonds. The third kappa shape index (κ3) is 3.64. The number of nitrogens with one attached hydrogen (secondary N) is 1. The number of hydrogen-bond donors (Lipinski definition) is 2. The van der Waals surface area contributed by atoms with Crippen molar-refractivity contribution in [3.05, 3.63) is 23.8 Å². The van der Waals surface area contributed by atoms with Crippen LogP contribution in [0.3, 0.4) is 0 Å². The summed E-state index contributed by atoms with van der Waals surface area (Å²) in [7, 11) is 1.64. The van der Waals surface area contributed by atoms with E-state index in [1.54, 1.807) is 19.2 Å². The number of methoxy groups -OCH3 is 1. The van der Waals surface area contributed by atoms with Gasteiger partial charge in [-0.3, -0.25) is 0 Å². The molecule has 1 fully saturated rings. The molecule has 0 heterocycles. The quantitative estimate of drug-likeness (QED) is 0.780. The summed E-state index contributed by atoms with van der Waals surface area (Å²) in [5.41, 5.74) is 0.906. The van der Waals surface area contributed by atoms with Crippen LogP contribution in [0.25, 0.3) is 0 Å². The van der Waals surface area contributed by atoms with Crippen LogP contribution >= 0.6 is 0 Å². The maximum absolute atomic E-state index is 9.81. The maximum Gasteiger partial charge on any atom is 0.120 e. The number of hydrogen-bond acceptors (Lipinski definition) is 3. The Bertz CT molecular complexity index is 388. The molecule has 3 nitrogen and oxygen atoms in total. The van der Waals surface area contributed by atoms with E-state index in [1.807, 2.05) is 6.07 Å². The summed E-state index contributed by atoms with van der Waals surface area (Å²) in [4.78, 5) is 0. The maximum atomic E-state index is 9.81. The molecule has 0 spiro atoms. The highest BCUT2D eigenvalue weighted by atomic mass is 16.5. The molecule has 2 N–H and O–H groups in total. The fraction of sp³-hybridized carbons (Fsp3) is 0.600. The number of aromatic hydroxyl groups is 1. The van der Waals surface area contributed by atoms with Gasteiger partial charge in [0, 0.05) is 18.2 Å². The van der Waals surface area contributed by atoms with Crippen molar-refractivity contribution in [2.24, 2.45) is 5.92 Å². The van der Waals surface area contributed by atoms with Gasteiger partial charge in [0.15, 0.2) is 0 Å². The van der Waals surface area contributed by atoms with Crippen LogP contribution in [0.2, 0.25) is 0 Å². The van der Waals surface area contributed by atoms with Crippen molar-refractivity contribution in [3.63, 3.8) is 0 Å². The van der Waals surface area contributed by atoms with E-state index in [0.29, 0.717) is 18.3 Å². The Morgan fingerprint density at radius 2 is 2.22 bits per heavy atom. The van der Waals surface area contributed by atoms with E-state index in [1.165, 1.54) is 19.3 Å². The Labute approximate surface area is 109 Å². The first-order valence-electron chi connectivity index (χ1n) is 6.82. The summed E-state index contributed by atoms with van der Waals surface area (Å²) in [6, 6.07) is 5.92. The zero-order chi connectivity index (χ0) is 13.0. The lowest BCUT2D eigenvalue weighted by molar-refractivity contribution is 0.406. The lowest BCUT2D eigenvalue weighted by Gasteiger charge is -2.17. The summed E-state index contributed by atoms with van der Waals surface area (Å²) < 4.78 is 5.18. The number of phenols is 1. The zero-order valence-electron chi connectivity index (χ0n) is 11.3. The third-order valence-corrected chi connectivity index (χ3v) is 3.68. The number of ether oxygens (including phenoxy) is 1. The molecule has 18 heavy (non-hydrogen) atoms. The van der Waals surface area contributed by atoms with Crippen molar-refractivity contribution in [1.82, 2.24) is 5.32 Å². The van der Waals surface area contributed by atoms with Crippen molar-refractivity contribution < 1.29 is 9.84 Å². The first-order valence-corrected chi connectivity index (χ1v) is 6.82. The van der Waals surface area contributed by atoms with Crippen LogP contribution in [-0.4, -0.2) is 18.3 Å². The Kier molecular flexibility index (Phi) is 4.48. The predicted octanol–water partition coefficient (Wildman–Crippen LogP) is 3.07. The zero-order valence-corrected chi connectivity index (χ0v) is 11.3. The van der Waals surface area contributed by atoms with Crippen LogP contribution in [-0.2, 0) is 6.54 Å². The Morgan fingerprint density at radius 1 is 1.44 bits per heavy atom. The summed E-state index contributed by atoms with van der Waals surface area (Å²) in [5, 5.41) is 13.3. The molecule has 1 aliphatic rings. The summed E-state index contributed by atoms with van der Waals surface area (Å²) in [6.07, 6.45) is 5.19. The van der Waals surface area contributed by atoms with Gasteiger partial charge >= 0.3 is 0 Å². The molecule has 0 aromatic heterocycles. The third-order valence-electron chi connectivity index (χ3n) is 3.68. The minimum absolute atomic E-state index is 0.338. The molecule has 1 unspecified atom stereocenters. The second-order valence-electron chi connectivity index (χ2n) is 5.16. The lowest BCUT2D eigenvalue weighted by atomic mass is 10.1. The van der Waals surface area contributed by atoms with Crippen molar-refractivity contribution in [2.75, 3.05) is 7.11 Å². The standard InChI is InChI=1S/C15H23NO2/c1-3-13(8-11-4-5-11)16-10-12-9-14(18-2)6-7-15(12)17/h6-7,9,11,13,16-17H,3-5,8,10H2,1-2H3. The average molecular weight is 249 g/mol. The van der Waals surface area contributed by atoms with E-state index in [2.05, 4.69) is 12.2 Å². The first-order chi connectivity index (χ1) is 8.72. The number of benzene rings is 1. The van der Waals surface area contributed by atoms with E-state index < -0.39 is 0 Å². The molecule has 0 radical (unpaired) electrons. The van der Waals surface area contributed by atoms with Gasteiger partial charge in [0.2, 0.25) is 0 Å². The number of rotatable bonds is 7. The molecule has 1 aliphatic carbocycles. The van der Waals surface area contributed by atoms with Gasteiger partial charge in [0.1, 0.15) is 11.5 Å². The molecule has 1 saturated carbocycles. The van der Waals surface area contributed by atoms with E-state index in [9.17, 15) is 5.11 Å². The van der Waals surface area contributed by atoms with Crippen LogP contribution in [0.5, 0.6) is 11.5 Å². The van der Waals surface area contributed by atoms with Crippen LogP contribution < -0.4 is 10.1 Å². The van der Waals surface area contributed by atoms with Gasteiger partial charge < -0.3 is 15.2 Å².